The number of carbonyl (C=O) groups excluding carboxylic acids is 1. The third kappa shape index (κ3) is 6.48. The second-order valence-electron chi connectivity index (χ2n) is 3.44. The van der Waals surface area contributed by atoms with Gasteiger partial charge in [-0.05, 0) is 12.8 Å². The molecule has 4 heteroatoms. The third-order valence-electron chi connectivity index (χ3n) is 1.93. The smallest absolute Gasteiger partial charge is 0.318 e. The Morgan fingerprint density at radius 3 is 2.64 bits per heavy atom. The van der Waals surface area contributed by atoms with Crippen molar-refractivity contribution < 1.29 is 9.53 Å². The lowest BCUT2D eigenvalue weighted by Crippen LogP contribution is -2.34. The van der Waals surface area contributed by atoms with Crippen LogP contribution in [0.2, 0.25) is 0 Å². The summed E-state index contributed by atoms with van der Waals surface area (Å²) in [6.45, 7) is 7.20. The lowest BCUT2D eigenvalue weighted by molar-refractivity contribution is 0.196. The molecule has 14 heavy (non-hydrogen) atoms. The lowest BCUT2D eigenvalue weighted by atomic mass is 10.1. The fourth-order valence-corrected chi connectivity index (χ4v) is 0.664. The zero-order valence-corrected chi connectivity index (χ0v) is 9.39. The van der Waals surface area contributed by atoms with Crippen molar-refractivity contribution in [2.75, 3.05) is 20.3 Å². The molecule has 0 aromatic heterocycles. The topological polar surface area (TPSA) is 50.4 Å². The third-order valence-corrected chi connectivity index (χ3v) is 1.93. The fourth-order valence-electron chi connectivity index (χ4n) is 0.664. The molecule has 82 valence electrons. The Hall–Kier alpha value is -1.03. The van der Waals surface area contributed by atoms with E-state index in [1.165, 1.54) is 0 Å². The maximum Gasteiger partial charge on any atom is 0.318 e. The van der Waals surface area contributed by atoms with Crippen LogP contribution in [0.25, 0.3) is 0 Å². The molecule has 0 bridgehead atoms. The first kappa shape index (κ1) is 13.0. The molecule has 0 aliphatic heterocycles. The quantitative estimate of drug-likeness (QED) is 0.661. The highest BCUT2D eigenvalue weighted by atomic mass is 16.5. The van der Waals surface area contributed by atoms with Crippen molar-refractivity contribution in [3.05, 3.63) is 11.8 Å². The van der Waals surface area contributed by atoms with Crippen molar-refractivity contribution in [3.8, 4) is 0 Å². The molecule has 2 N–H and O–H groups in total. The average molecular weight is 200 g/mol. The Balaban J connectivity index is 3.68. The maximum absolute atomic E-state index is 11.1. The van der Waals surface area contributed by atoms with Crippen molar-refractivity contribution in [2.45, 2.75) is 20.8 Å². The van der Waals surface area contributed by atoms with E-state index in [1.54, 1.807) is 13.3 Å². The van der Waals surface area contributed by atoms with Gasteiger partial charge in [-0.25, -0.2) is 4.79 Å². The molecule has 0 aromatic rings. The van der Waals surface area contributed by atoms with E-state index in [9.17, 15) is 4.79 Å². The number of hydrogen-bond acceptors (Lipinski definition) is 2. The van der Waals surface area contributed by atoms with E-state index >= 15 is 0 Å². The van der Waals surface area contributed by atoms with Crippen molar-refractivity contribution in [1.29, 1.82) is 0 Å². The van der Waals surface area contributed by atoms with Crippen molar-refractivity contribution >= 4 is 6.03 Å². The maximum atomic E-state index is 11.1. The number of urea groups is 1. The monoisotopic (exact) mass is 200 g/mol. The number of rotatable bonds is 5. The summed E-state index contributed by atoms with van der Waals surface area (Å²) in [5.74, 6) is 0.453. The number of nitrogens with one attached hydrogen (secondary N) is 2. The summed E-state index contributed by atoms with van der Waals surface area (Å²) in [6, 6.07) is -0.193. The van der Waals surface area contributed by atoms with E-state index < -0.39 is 0 Å². The molecular formula is C10H20N2O2. The fraction of sp³-hybridized carbons (Fsp3) is 0.700. The number of ether oxygens (including phenoxy) is 1. The summed E-state index contributed by atoms with van der Waals surface area (Å²) in [5.41, 5.74) is 1.15. The summed E-state index contributed by atoms with van der Waals surface area (Å²) in [6.07, 6.45) is 1.73. The summed E-state index contributed by atoms with van der Waals surface area (Å²) < 4.78 is 4.80. The van der Waals surface area contributed by atoms with E-state index in [0.717, 1.165) is 5.57 Å². The highest BCUT2D eigenvalue weighted by Gasteiger charge is 1.98. The molecule has 0 aromatic carbocycles. The van der Waals surface area contributed by atoms with Crippen molar-refractivity contribution in [2.24, 2.45) is 5.92 Å². The molecule has 0 rings (SSSR count). The van der Waals surface area contributed by atoms with Crippen LogP contribution < -0.4 is 10.6 Å². The molecule has 2 amide bonds. The van der Waals surface area contributed by atoms with Gasteiger partial charge in [0.15, 0.2) is 0 Å². The number of amides is 2. The molecule has 0 aliphatic rings. The van der Waals surface area contributed by atoms with E-state index in [-0.39, 0.29) is 6.03 Å². The number of hydrogen-bond donors (Lipinski definition) is 2. The summed E-state index contributed by atoms with van der Waals surface area (Å²) in [7, 11) is 1.60. The van der Waals surface area contributed by atoms with E-state index in [4.69, 9.17) is 4.74 Å². The SMILES string of the molecule is COCCNC(=O)N/C=C(\C)C(C)C. The molecular weight excluding hydrogens is 180 g/mol. The first-order chi connectivity index (χ1) is 6.57. The van der Waals surface area contributed by atoms with Crippen LogP contribution in [0.5, 0.6) is 0 Å². The molecule has 0 heterocycles. The molecule has 0 saturated carbocycles. The Kier molecular flexibility index (Phi) is 6.84. The zero-order valence-electron chi connectivity index (χ0n) is 9.39. The van der Waals surface area contributed by atoms with Gasteiger partial charge < -0.3 is 15.4 Å². The Bertz CT molecular complexity index is 200. The van der Waals surface area contributed by atoms with Crippen LogP contribution in [0, 0.1) is 5.92 Å². The van der Waals surface area contributed by atoms with Crippen LogP contribution in [-0.2, 0) is 4.74 Å². The standard InChI is InChI=1S/C10H20N2O2/c1-8(2)9(3)7-12-10(13)11-5-6-14-4/h7-8H,5-6H2,1-4H3,(H2,11,12,13)/b9-7+. The second-order valence-corrected chi connectivity index (χ2v) is 3.44. The molecule has 0 fully saturated rings. The van der Waals surface area contributed by atoms with Crippen LogP contribution in [0.1, 0.15) is 20.8 Å². The molecule has 0 spiro atoms. The van der Waals surface area contributed by atoms with Gasteiger partial charge in [0.05, 0.1) is 6.61 Å². The van der Waals surface area contributed by atoms with Crippen LogP contribution >= 0.6 is 0 Å². The van der Waals surface area contributed by atoms with Gasteiger partial charge in [0.1, 0.15) is 0 Å². The largest absolute Gasteiger partial charge is 0.383 e. The first-order valence-corrected chi connectivity index (χ1v) is 4.78. The normalized spacial score (nSPS) is 11.6. The highest BCUT2D eigenvalue weighted by molar-refractivity contribution is 5.74. The van der Waals surface area contributed by atoms with E-state index in [1.807, 2.05) is 6.92 Å². The van der Waals surface area contributed by atoms with Crippen molar-refractivity contribution in [1.82, 2.24) is 10.6 Å². The summed E-state index contributed by atoms with van der Waals surface area (Å²) >= 11 is 0. The van der Waals surface area contributed by atoms with E-state index in [2.05, 4.69) is 24.5 Å². The average Bonchev–Trinajstić information content (AvgIpc) is 2.14. The Morgan fingerprint density at radius 1 is 1.50 bits per heavy atom. The molecule has 4 nitrogen and oxygen atoms in total. The molecule has 0 unspecified atom stereocenters. The minimum atomic E-state index is -0.193. The van der Waals surface area contributed by atoms with Gasteiger partial charge in [-0.15, -0.1) is 0 Å². The van der Waals surface area contributed by atoms with Crippen LogP contribution in [0.4, 0.5) is 4.79 Å². The van der Waals surface area contributed by atoms with E-state index in [0.29, 0.717) is 19.1 Å². The van der Waals surface area contributed by atoms with Gasteiger partial charge in [0, 0.05) is 19.9 Å². The minimum Gasteiger partial charge on any atom is -0.383 e. The lowest BCUT2D eigenvalue weighted by Gasteiger charge is -2.07. The Morgan fingerprint density at radius 2 is 2.14 bits per heavy atom. The van der Waals surface area contributed by atoms with Crippen LogP contribution in [0.15, 0.2) is 11.8 Å². The number of allylic oxidation sites excluding steroid dienone is 1. The van der Waals surface area contributed by atoms with Crippen molar-refractivity contribution in [3.63, 3.8) is 0 Å². The van der Waals surface area contributed by atoms with Gasteiger partial charge in [0.2, 0.25) is 0 Å². The summed E-state index contributed by atoms with van der Waals surface area (Å²) in [4.78, 5) is 11.1. The predicted molar refractivity (Wildman–Crippen MR) is 57.0 cm³/mol. The number of carbonyl (C=O) groups is 1. The molecule has 0 aliphatic carbocycles. The molecule has 0 radical (unpaired) electrons. The Labute approximate surface area is 85.7 Å². The molecule has 0 saturated heterocycles. The van der Waals surface area contributed by atoms with Crippen LogP contribution in [-0.4, -0.2) is 26.3 Å². The predicted octanol–water partition coefficient (Wildman–Crippen LogP) is 1.49. The minimum absolute atomic E-state index is 0.193. The van der Waals surface area contributed by atoms with Gasteiger partial charge in [-0.3, -0.25) is 0 Å². The van der Waals surface area contributed by atoms with Gasteiger partial charge in [0.25, 0.3) is 0 Å². The second kappa shape index (κ2) is 7.38. The summed E-state index contributed by atoms with van der Waals surface area (Å²) in [5, 5.41) is 5.31. The van der Waals surface area contributed by atoms with Gasteiger partial charge in [-0.1, -0.05) is 19.4 Å². The van der Waals surface area contributed by atoms with Gasteiger partial charge >= 0.3 is 6.03 Å². The highest BCUT2D eigenvalue weighted by Crippen LogP contribution is 2.05. The first-order valence-electron chi connectivity index (χ1n) is 4.78. The number of methoxy groups -OCH3 is 1. The van der Waals surface area contributed by atoms with Gasteiger partial charge in [-0.2, -0.15) is 0 Å². The zero-order chi connectivity index (χ0) is 11.0. The van der Waals surface area contributed by atoms with Crippen LogP contribution in [0.3, 0.4) is 0 Å². The molecule has 0 atom stereocenters.